The molecule has 0 bridgehead atoms. The van der Waals surface area contributed by atoms with Crippen molar-refractivity contribution in [2.75, 3.05) is 13.4 Å². The van der Waals surface area contributed by atoms with Crippen molar-refractivity contribution in [3.63, 3.8) is 0 Å². The maximum atomic E-state index is 13.1. The van der Waals surface area contributed by atoms with Crippen LogP contribution in [0.15, 0.2) is 18.2 Å². The van der Waals surface area contributed by atoms with E-state index < -0.39 is 17.0 Å². The van der Waals surface area contributed by atoms with E-state index in [1.165, 1.54) is 25.5 Å². The molecular weight excluding hydrogens is 221 g/mol. The fraction of sp³-hybridized carbons (Fsp3) is 0.333. The average Bonchev–Trinajstić information content (AvgIpc) is 2.14. The van der Waals surface area contributed by atoms with E-state index in [9.17, 15) is 13.9 Å². The molecule has 0 N–H and O–H groups in total. The minimum absolute atomic E-state index is 0.0537. The highest BCUT2D eigenvalue weighted by Gasteiger charge is 2.18. The second kappa shape index (κ2) is 5.09. The summed E-state index contributed by atoms with van der Waals surface area (Å²) in [5, 5.41) is 0. The van der Waals surface area contributed by atoms with Crippen LogP contribution in [0.5, 0.6) is 0 Å². The van der Waals surface area contributed by atoms with E-state index in [2.05, 4.69) is 4.84 Å². The summed E-state index contributed by atoms with van der Waals surface area (Å²) >= 11 is -1.08. The lowest BCUT2D eigenvalue weighted by molar-refractivity contribution is -0.736. The van der Waals surface area contributed by atoms with Gasteiger partial charge in [0.05, 0.1) is 17.2 Å². The molecule has 0 saturated heterocycles. The lowest BCUT2D eigenvalue weighted by atomic mass is 10.2. The van der Waals surface area contributed by atoms with E-state index in [0.717, 1.165) is 6.07 Å². The Morgan fingerprint density at radius 2 is 2.20 bits per heavy atom. The molecule has 6 heteroatoms. The summed E-state index contributed by atoms with van der Waals surface area (Å²) in [7, 11) is 1.19. The summed E-state index contributed by atoms with van der Waals surface area (Å²) in [4.78, 5) is 15.6. The van der Waals surface area contributed by atoms with Crippen molar-refractivity contribution in [1.82, 2.24) is 0 Å². The topological polar surface area (TPSA) is 52.4 Å². The number of hydrogen-bond acceptors (Lipinski definition) is 3. The first-order valence-corrected chi connectivity index (χ1v) is 5.86. The van der Waals surface area contributed by atoms with Gasteiger partial charge in [-0.25, -0.2) is 9.23 Å². The lowest BCUT2D eigenvalue weighted by Crippen LogP contribution is -2.03. The Bertz CT molecular complexity index is 370. The van der Waals surface area contributed by atoms with Crippen molar-refractivity contribution in [3.8, 4) is 0 Å². The maximum absolute atomic E-state index is 13.1. The Balaban J connectivity index is 2.99. The molecule has 1 unspecified atom stereocenters. The normalized spacial score (nSPS) is 12.3. The van der Waals surface area contributed by atoms with Crippen molar-refractivity contribution >= 4 is 16.9 Å². The Labute approximate surface area is 89.8 Å². The molecule has 1 aromatic carbocycles. The van der Waals surface area contributed by atoms with Crippen molar-refractivity contribution in [1.29, 1.82) is 0 Å². The molecule has 0 amide bonds. The summed E-state index contributed by atoms with van der Waals surface area (Å²) in [5.74, 6) is -0.340. The predicted molar refractivity (Wildman–Crippen MR) is 54.5 cm³/mol. The standard InChI is InChI=1S/C9H11FNO3S/c1-14-11(12)9-4-7(6-15(2)13)3-8(10)5-9/h3-5H,6H2,1-2H3/q+1. The van der Waals surface area contributed by atoms with Gasteiger partial charge < -0.3 is 4.55 Å². The van der Waals surface area contributed by atoms with Gasteiger partial charge in [0.15, 0.2) is 7.11 Å². The first kappa shape index (κ1) is 11.9. The van der Waals surface area contributed by atoms with Crippen LogP contribution in [0.3, 0.4) is 0 Å². The third-order valence-corrected chi connectivity index (χ3v) is 2.43. The van der Waals surface area contributed by atoms with Crippen molar-refractivity contribution in [2.24, 2.45) is 0 Å². The molecule has 82 valence electrons. The number of benzene rings is 1. The van der Waals surface area contributed by atoms with Gasteiger partial charge in [0.1, 0.15) is 11.6 Å². The third kappa shape index (κ3) is 3.49. The SMILES string of the molecule is CO[N+](=O)c1cc(F)cc(C[S+](C)[O-])c1. The largest absolute Gasteiger partial charge is 0.616 e. The van der Waals surface area contributed by atoms with Crippen LogP contribution in [0.25, 0.3) is 0 Å². The minimum Gasteiger partial charge on any atom is -0.616 e. The summed E-state index contributed by atoms with van der Waals surface area (Å²) in [5.41, 5.74) is 0.557. The monoisotopic (exact) mass is 232 g/mol. The fourth-order valence-electron chi connectivity index (χ4n) is 1.16. The van der Waals surface area contributed by atoms with Gasteiger partial charge in [-0.1, -0.05) is 11.2 Å². The Morgan fingerprint density at radius 1 is 1.53 bits per heavy atom. The molecule has 1 atom stereocenters. The van der Waals surface area contributed by atoms with Crippen LogP contribution in [-0.2, 0) is 21.8 Å². The zero-order chi connectivity index (χ0) is 11.4. The number of rotatable bonds is 4. The van der Waals surface area contributed by atoms with Crippen molar-refractivity contribution < 1.29 is 18.7 Å². The van der Waals surface area contributed by atoms with Gasteiger partial charge >= 0.3 is 5.69 Å². The first-order valence-electron chi connectivity index (χ1n) is 4.14. The average molecular weight is 232 g/mol. The van der Waals surface area contributed by atoms with Crippen LogP contribution in [-0.4, -0.2) is 22.8 Å². The summed E-state index contributed by atoms with van der Waals surface area (Å²) in [6.45, 7) is 0. The molecule has 1 aromatic rings. The van der Waals surface area contributed by atoms with Crippen LogP contribution in [0.1, 0.15) is 5.56 Å². The zero-order valence-electron chi connectivity index (χ0n) is 8.40. The van der Waals surface area contributed by atoms with E-state index in [-0.39, 0.29) is 16.4 Å². The van der Waals surface area contributed by atoms with E-state index in [4.69, 9.17) is 0 Å². The highest BCUT2D eigenvalue weighted by Crippen LogP contribution is 2.18. The number of nitrogens with zero attached hydrogens (tertiary/aromatic N) is 1. The van der Waals surface area contributed by atoms with E-state index in [1.54, 1.807) is 0 Å². The molecule has 1 rings (SSSR count). The first-order chi connectivity index (χ1) is 7.02. The second-order valence-electron chi connectivity index (χ2n) is 2.97. The molecule has 0 aromatic heterocycles. The molecule has 0 fully saturated rings. The molecular formula is C9H11FNO3S+. The molecule has 0 aliphatic rings. The van der Waals surface area contributed by atoms with Gasteiger partial charge in [-0.15, -0.1) is 0 Å². The van der Waals surface area contributed by atoms with Crippen LogP contribution in [0.4, 0.5) is 10.1 Å². The quantitative estimate of drug-likeness (QED) is 0.586. The number of hydrogen-bond donors (Lipinski definition) is 0. The van der Waals surface area contributed by atoms with Gasteiger partial charge in [-0.2, -0.15) is 0 Å². The Kier molecular flexibility index (Phi) is 4.05. The van der Waals surface area contributed by atoms with E-state index in [0.29, 0.717) is 5.56 Å². The van der Waals surface area contributed by atoms with Gasteiger partial charge in [0.2, 0.25) is 0 Å². The Morgan fingerprint density at radius 3 is 2.73 bits per heavy atom. The maximum Gasteiger partial charge on any atom is 0.320 e. The van der Waals surface area contributed by atoms with Gasteiger partial charge in [-0.3, -0.25) is 0 Å². The summed E-state index contributed by atoms with van der Waals surface area (Å²) in [6.07, 6.45) is 1.51. The molecule has 15 heavy (non-hydrogen) atoms. The molecule has 4 nitrogen and oxygen atoms in total. The van der Waals surface area contributed by atoms with Crippen LogP contribution in [0, 0.1) is 10.7 Å². The summed E-state index contributed by atoms with van der Waals surface area (Å²) in [6, 6.07) is 3.74. The highest BCUT2D eigenvalue weighted by atomic mass is 32.2. The van der Waals surface area contributed by atoms with Crippen molar-refractivity contribution in [2.45, 2.75) is 5.75 Å². The lowest BCUT2D eigenvalue weighted by Gasteiger charge is -2.04. The molecule has 0 heterocycles. The Hall–Kier alpha value is -1.14. The van der Waals surface area contributed by atoms with E-state index >= 15 is 0 Å². The second-order valence-corrected chi connectivity index (χ2v) is 4.41. The molecule has 0 aliphatic heterocycles. The smallest absolute Gasteiger partial charge is 0.320 e. The summed E-state index contributed by atoms with van der Waals surface area (Å²) < 4.78 is 24.0. The fourth-order valence-corrected chi connectivity index (χ4v) is 1.80. The van der Waals surface area contributed by atoms with Crippen molar-refractivity contribution in [3.05, 3.63) is 34.5 Å². The van der Waals surface area contributed by atoms with Gasteiger partial charge in [-0.05, 0) is 6.07 Å². The molecule has 0 radical (unpaired) electrons. The third-order valence-electron chi connectivity index (χ3n) is 1.69. The molecule has 0 aliphatic carbocycles. The predicted octanol–water partition coefficient (Wildman–Crippen LogP) is 1.68. The number of halogens is 1. The van der Waals surface area contributed by atoms with Crippen LogP contribution < -0.4 is 0 Å². The van der Waals surface area contributed by atoms with Crippen LogP contribution >= 0.6 is 0 Å². The minimum atomic E-state index is -1.08. The molecule has 0 saturated carbocycles. The molecule has 0 spiro atoms. The van der Waals surface area contributed by atoms with Crippen LogP contribution in [0.2, 0.25) is 0 Å². The van der Waals surface area contributed by atoms with E-state index in [1.807, 2.05) is 0 Å². The van der Waals surface area contributed by atoms with Gasteiger partial charge in [0, 0.05) is 11.6 Å². The zero-order valence-corrected chi connectivity index (χ0v) is 9.21. The van der Waals surface area contributed by atoms with Gasteiger partial charge in [0.25, 0.3) is 4.92 Å². The highest BCUT2D eigenvalue weighted by molar-refractivity contribution is 7.89.